The lowest BCUT2D eigenvalue weighted by Gasteiger charge is -2.32. The number of oxime groups is 1. The molecule has 1 fully saturated rings. The van der Waals surface area contributed by atoms with Crippen molar-refractivity contribution in [3.63, 3.8) is 0 Å². The van der Waals surface area contributed by atoms with E-state index >= 15 is 0 Å². The van der Waals surface area contributed by atoms with Crippen LogP contribution in [0.3, 0.4) is 0 Å². The van der Waals surface area contributed by atoms with Gasteiger partial charge in [-0.3, -0.25) is 4.79 Å². The summed E-state index contributed by atoms with van der Waals surface area (Å²) in [5, 5.41) is 19.4. The molecule has 1 atom stereocenters. The molecule has 1 aliphatic heterocycles. The first kappa shape index (κ1) is 14.2. The quantitative estimate of drug-likeness (QED) is 0.332. The molecule has 1 unspecified atom stereocenters. The summed E-state index contributed by atoms with van der Waals surface area (Å²) in [5.41, 5.74) is 7.29. The Bertz CT molecular complexity index is 546. The zero-order valence-corrected chi connectivity index (χ0v) is 11.4. The van der Waals surface area contributed by atoms with Crippen LogP contribution in [0, 0.1) is 13.8 Å². The fourth-order valence-electron chi connectivity index (χ4n) is 2.01. The molecule has 0 saturated carbocycles. The van der Waals surface area contributed by atoms with Crippen molar-refractivity contribution in [3.8, 4) is 0 Å². The molecule has 2 heterocycles. The van der Waals surface area contributed by atoms with Crippen LogP contribution in [-0.2, 0) is 4.74 Å². The maximum absolute atomic E-state index is 12.5. The van der Waals surface area contributed by atoms with Crippen LogP contribution >= 0.6 is 0 Å². The molecule has 0 aromatic carbocycles. The third-order valence-corrected chi connectivity index (χ3v) is 3.13. The predicted molar refractivity (Wildman–Crippen MR) is 70.6 cm³/mol. The summed E-state index contributed by atoms with van der Waals surface area (Å²) in [6, 6.07) is 1.71. The molecule has 0 radical (unpaired) electrons. The Balaban J connectivity index is 2.18. The second-order valence-electron chi connectivity index (χ2n) is 4.62. The number of morpholine rings is 1. The van der Waals surface area contributed by atoms with E-state index < -0.39 is 6.10 Å². The Morgan fingerprint density at radius 3 is 3.00 bits per heavy atom. The number of aromatic nitrogens is 2. The Kier molecular flexibility index (Phi) is 4.14. The Morgan fingerprint density at radius 2 is 2.30 bits per heavy atom. The van der Waals surface area contributed by atoms with E-state index in [1.807, 2.05) is 0 Å². The van der Waals surface area contributed by atoms with E-state index in [0.717, 1.165) is 0 Å². The minimum atomic E-state index is -0.589. The Hall–Kier alpha value is -2.22. The van der Waals surface area contributed by atoms with Crippen LogP contribution in [0.5, 0.6) is 0 Å². The van der Waals surface area contributed by atoms with Crippen LogP contribution in [0.4, 0.5) is 0 Å². The Labute approximate surface area is 116 Å². The number of carbonyl (C=O) groups is 1. The molecular weight excluding hydrogens is 262 g/mol. The van der Waals surface area contributed by atoms with Crippen molar-refractivity contribution < 1.29 is 14.7 Å². The second kappa shape index (κ2) is 5.83. The van der Waals surface area contributed by atoms with Gasteiger partial charge in [0.25, 0.3) is 5.91 Å². The van der Waals surface area contributed by atoms with E-state index in [1.165, 1.54) is 0 Å². The van der Waals surface area contributed by atoms with E-state index in [-0.39, 0.29) is 18.3 Å². The van der Waals surface area contributed by atoms with Crippen molar-refractivity contribution in [2.75, 3.05) is 19.7 Å². The summed E-state index contributed by atoms with van der Waals surface area (Å²) >= 11 is 0. The number of carbonyl (C=O) groups excluding carboxylic acids is 1. The number of rotatable bonds is 2. The number of amides is 1. The van der Waals surface area contributed by atoms with Crippen molar-refractivity contribution in [2.45, 2.75) is 20.0 Å². The van der Waals surface area contributed by atoms with Crippen molar-refractivity contribution in [3.05, 3.63) is 23.0 Å². The number of ether oxygens (including phenoxy) is 1. The van der Waals surface area contributed by atoms with Gasteiger partial charge in [-0.1, -0.05) is 5.16 Å². The summed E-state index contributed by atoms with van der Waals surface area (Å²) in [7, 11) is 0. The molecule has 8 nitrogen and oxygen atoms in total. The van der Waals surface area contributed by atoms with Gasteiger partial charge in [-0.05, 0) is 19.9 Å². The molecule has 2 rings (SSSR count). The van der Waals surface area contributed by atoms with E-state index in [1.54, 1.807) is 24.8 Å². The minimum absolute atomic E-state index is 0.0387. The number of nitrogens with zero attached hydrogens (tertiary/aromatic N) is 4. The zero-order chi connectivity index (χ0) is 14.7. The highest BCUT2D eigenvalue weighted by molar-refractivity contribution is 5.96. The highest BCUT2D eigenvalue weighted by atomic mass is 16.5. The Morgan fingerprint density at radius 1 is 1.55 bits per heavy atom. The second-order valence-corrected chi connectivity index (χ2v) is 4.62. The molecule has 1 amide bonds. The largest absolute Gasteiger partial charge is 0.409 e. The van der Waals surface area contributed by atoms with Crippen LogP contribution in [0.2, 0.25) is 0 Å². The number of hydrogen-bond donors (Lipinski definition) is 2. The average Bonchev–Trinajstić information content (AvgIpc) is 2.48. The molecule has 1 aromatic heterocycles. The van der Waals surface area contributed by atoms with Crippen molar-refractivity contribution in [2.24, 2.45) is 10.9 Å². The molecular formula is C12H17N5O3. The lowest BCUT2D eigenvalue weighted by Crippen LogP contribution is -2.50. The molecule has 20 heavy (non-hydrogen) atoms. The fourth-order valence-corrected chi connectivity index (χ4v) is 2.01. The van der Waals surface area contributed by atoms with Gasteiger partial charge in [0.05, 0.1) is 30.1 Å². The zero-order valence-electron chi connectivity index (χ0n) is 11.4. The maximum atomic E-state index is 12.5. The first-order valence-electron chi connectivity index (χ1n) is 6.22. The molecule has 1 saturated heterocycles. The predicted octanol–water partition coefficient (Wildman–Crippen LogP) is -0.319. The smallest absolute Gasteiger partial charge is 0.256 e. The lowest BCUT2D eigenvalue weighted by molar-refractivity contribution is 0.00668. The van der Waals surface area contributed by atoms with Crippen molar-refractivity contribution >= 4 is 11.7 Å². The first-order valence-corrected chi connectivity index (χ1v) is 6.22. The normalized spacial score (nSPS) is 20.0. The van der Waals surface area contributed by atoms with Crippen LogP contribution < -0.4 is 5.73 Å². The maximum Gasteiger partial charge on any atom is 0.256 e. The highest BCUT2D eigenvalue weighted by Crippen LogP contribution is 2.13. The lowest BCUT2D eigenvalue weighted by atomic mass is 10.1. The molecule has 1 aliphatic rings. The van der Waals surface area contributed by atoms with Crippen LogP contribution in [0.1, 0.15) is 21.7 Å². The van der Waals surface area contributed by atoms with Gasteiger partial charge < -0.3 is 20.6 Å². The number of hydrogen-bond acceptors (Lipinski definition) is 6. The third kappa shape index (κ3) is 2.85. The average molecular weight is 279 g/mol. The molecule has 8 heteroatoms. The van der Waals surface area contributed by atoms with E-state index in [9.17, 15) is 4.79 Å². The SMILES string of the molecule is Cc1cc(C(=O)N2CCOC(/C(N)=N/O)C2)c(C)nn1. The van der Waals surface area contributed by atoms with E-state index in [2.05, 4.69) is 15.4 Å². The van der Waals surface area contributed by atoms with Crippen LogP contribution in [0.15, 0.2) is 11.2 Å². The standard InChI is InChI=1S/C12H17N5O3/c1-7-5-9(8(2)15-14-7)12(18)17-3-4-20-10(6-17)11(13)16-19/h5,10,19H,3-4,6H2,1-2H3,(H2,13,16). The molecule has 0 spiro atoms. The number of amidine groups is 1. The first-order chi connectivity index (χ1) is 9.52. The van der Waals surface area contributed by atoms with Crippen molar-refractivity contribution in [1.82, 2.24) is 15.1 Å². The minimum Gasteiger partial charge on any atom is -0.409 e. The van der Waals surface area contributed by atoms with Crippen LogP contribution in [0.25, 0.3) is 0 Å². The summed E-state index contributed by atoms with van der Waals surface area (Å²) in [6.45, 7) is 4.55. The fraction of sp³-hybridized carbons (Fsp3) is 0.500. The molecule has 108 valence electrons. The van der Waals surface area contributed by atoms with Gasteiger partial charge in [-0.2, -0.15) is 10.2 Å². The monoisotopic (exact) mass is 279 g/mol. The molecule has 0 aliphatic carbocycles. The highest BCUT2D eigenvalue weighted by Gasteiger charge is 2.28. The van der Waals surface area contributed by atoms with Crippen molar-refractivity contribution in [1.29, 1.82) is 0 Å². The van der Waals surface area contributed by atoms with E-state index in [4.69, 9.17) is 15.7 Å². The molecule has 0 bridgehead atoms. The number of nitrogens with two attached hydrogens (primary N) is 1. The topological polar surface area (TPSA) is 114 Å². The summed E-state index contributed by atoms with van der Waals surface area (Å²) in [4.78, 5) is 14.1. The van der Waals surface area contributed by atoms with Gasteiger partial charge in [0, 0.05) is 6.54 Å². The van der Waals surface area contributed by atoms with Gasteiger partial charge in [0.1, 0.15) is 6.10 Å². The van der Waals surface area contributed by atoms with Gasteiger partial charge in [-0.15, -0.1) is 0 Å². The number of aryl methyl sites for hydroxylation is 2. The summed E-state index contributed by atoms with van der Waals surface area (Å²) < 4.78 is 5.36. The molecule has 3 N–H and O–H groups in total. The summed E-state index contributed by atoms with van der Waals surface area (Å²) in [5.74, 6) is -0.192. The van der Waals surface area contributed by atoms with Gasteiger partial charge in [0.2, 0.25) is 0 Å². The van der Waals surface area contributed by atoms with Gasteiger partial charge >= 0.3 is 0 Å². The van der Waals surface area contributed by atoms with E-state index in [0.29, 0.717) is 30.1 Å². The summed E-state index contributed by atoms with van der Waals surface area (Å²) in [6.07, 6.45) is -0.589. The van der Waals surface area contributed by atoms with Gasteiger partial charge in [0.15, 0.2) is 5.84 Å². The van der Waals surface area contributed by atoms with Crippen LogP contribution in [-0.4, -0.2) is 57.8 Å². The molecule has 1 aromatic rings. The third-order valence-electron chi connectivity index (χ3n) is 3.13. The van der Waals surface area contributed by atoms with Gasteiger partial charge in [-0.25, -0.2) is 0 Å².